The van der Waals surface area contributed by atoms with Crippen molar-refractivity contribution in [3.05, 3.63) is 30.3 Å². The number of alkyl halides is 2. The van der Waals surface area contributed by atoms with Crippen molar-refractivity contribution < 1.29 is 35.9 Å². The van der Waals surface area contributed by atoms with Crippen molar-refractivity contribution in [3.63, 3.8) is 0 Å². The fourth-order valence-electron chi connectivity index (χ4n) is 4.18. The molecule has 2 aliphatic rings. The lowest BCUT2D eigenvalue weighted by Crippen LogP contribution is -2.51. The third-order valence-electron chi connectivity index (χ3n) is 6.32. The van der Waals surface area contributed by atoms with E-state index in [1.165, 1.54) is 30.3 Å². The molecule has 1 fully saturated rings. The Balaban J connectivity index is 1.47. The van der Waals surface area contributed by atoms with E-state index in [-0.39, 0.29) is 22.4 Å². The number of halogens is 3. The van der Waals surface area contributed by atoms with Crippen LogP contribution >= 0.6 is 0 Å². The average Bonchev–Trinajstić information content (AvgIpc) is 2.89. The summed E-state index contributed by atoms with van der Waals surface area (Å²) in [5, 5.41) is 2.85. The Morgan fingerprint density at radius 1 is 1.22 bits per heavy atom. The van der Waals surface area contributed by atoms with Gasteiger partial charge in [0.2, 0.25) is 5.75 Å². The average molecular weight is 544 g/mol. The maximum Gasteiger partial charge on any atom is 0.410 e. The second-order valence-corrected chi connectivity index (χ2v) is 11.3. The van der Waals surface area contributed by atoms with Gasteiger partial charge in [0, 0.05) is 25.4 Å². The van der Waals surface area contributed by atoms with Crippen LogP contribution in [0.15, 0.2) is 29.4 Å². The fraction of sp³-hybridized carbons (Fsp3) is 0.522. The van der Waals surface area contributed by atoms with E-state index in [0.29, 0.717) is 50.7 Å². The Morgan fingerprint density at radius 3 is 2.54 bits per heavy atom. The van der Waals surface area contributed by atoms with Gasteiger partial charge in [-0.25, -0.2) is 36.4 Å². The minimum absolute atomic E-state index is 0.00559. The summed E-state index contributed by atoms with van der Waals surface area (Å²) in [7, 11) is -3.56. The van der Waals surface area contributed by atoms with Gasteiger partial charge in [-0.15, -0.1) is 0 Å². The summed E-state index contributed by atoms with van der Waals surface area (Å²) in [6, 6.07) is 3.53. The number of amides is 1. The molecule has 1 amide bonds. The van der Waals surface area contributed by atoms with Gasteiger partial charge in [-0.3, -0.25) is 0 Å². The first-order valence-corrected chi connectivity index (χ1v) is 13.5. The standard InChI is InChI=1S/C23H28F3N5O5S/c1-23(12-24,13-25)36-22(32)30-7-5-15(6-8-30)31-9-10-35-19-20(27-14-28-21(19)31)29-18-4-3-16(11-17(18)26)37(2,33)34/h3-4,11,14-15H,5-10,12-13H2,1-2H3,(H,27,28,29). The van der Waals surface area contributed by atoms with Crippen LogP contribution in [-0.4, -0.2) is 86.9 Å². The molecule has 37 heavy (non-hydrogen) atoms. The molecule has 0 aliphatic carbocycles. The van der Waals surface area contributed by atoms with Crippen molar-refractivity contribution in [2.75, 3.05) is 56.1 Å². The molecule has 1 saturated heterocycles. The van der Waals surface area contributed by atoms with Crippen molar-refractivity contribution in [2.45, 2.75) is 36.3 Å². The Bertz CT molecular complexity index is 1250. The molecule has 10 nitrogen and oxygen atoms in total. The van der Waals surface area contributed by atoms with Gasteiger partial charge < -0.3 is 24.6 Å². The molecule has 0 unspecified atom stereocenters. The van der Waals surface area contributed by atoms with Crippen LogP contribution in [0.1, 0.15) is 19.8 Å². The van der Waals surface area contributed by atoms with Crippen molar-refractivity contribution in [1.29, 1.82) is 0 Å². The topological polar surface area (TPSA) is 114 Å². The maximum atomic E-state index is 14.6. The van der Waals surface area contributed by atoms with Crippen molar-refractivity contribution in [2.24, 2.45) is 0 Å². The van der Waals surface area contributed by atoms with Gasteiger partial charge >= 0.3 is 6.09 Å². The molecule has 0 atom stereocenters. The molecule has 1 N–H and O–H groups in total. The summed E-state index contributed by atoms with van der Waals surface area (Å²) in [5.41, 5.74) is -1.77. The van der Waals surface area contributed by atoms with Gasteiger partial charge in [0.1, 0.15) is 32.1 Å². The first-order chi connectivity index (χ1) is 17.5. The van der Waals surface area contributed by atoms with Crippen molar-refractivity contribution >= 4 is 33.3 Å². The van der Waals surface area contributed by atoms with Gasteiger partial charge in [0.05, 0.1) is 17.1 Å². The molecule has 1 aromatic heterocycles. The molecule has 0 spiro atoms. The second-order valence-electron chi connectivity index (χ2n) is 9.26. The number of hydrogen-bond acceptors (Lipinski definition) is 9. The first-order valence-electron chi connectivity index (χ1n) is 11.7. The number of carbonyl (C=O) groups is 1. The number of likely N-dealkylation sites (tertiary alicyclic amines) is 1. The number of ether oxygens (including phenoxy) is 2. The van der Waals surface area contributed by atoms with Gasteiger partial charge in [-0.05, 0) is 38.0 Å². The zero-order chi connectivity index (χ0) is 26.8. The van der Waals surface area contributed by atoms with E-state index in [2.05, 4.69) is 15.3 Å². The molecular weight excluding hydrogens is 515 g/mol. The third-order valence-corrected chi connectivity index (χ3v) is 7.43. The summed E-state index contributed by atoms with van der Waals surface area (Å²) in [6.45, 7) is 0.490. The lowest BCUT2D eigenvalue weighted by atomic mass is 10.0. The Hall–Kier alpha value is -3.29. The number of piperidine rings is 1. The number of aromatic nitrogens is 2. The lowest BCUT2D eigenvalue weighted by Gasteiger charge is -2.41. The van der Waals surface area contributed by atoms with E-state index in [1.54, 1.807) is 0 Å². The van der Waals surface area contributed by atoms with Crippen molar-refractivity contribution in [1.82, 2.24) is 14.9 Å². The maximum absolute atomic E-state index is 14.6. The first kappa shape index (κ1) is 26.8. The highest BCUT2D eigenvalue weighted by Gasteiger charge is 2.36. The molecule has 0 bridgehead atoms. The van der Waals surface area contributed by atoms with E-state index in [4.69, 9.17) is 9.47 Å². The molecule has 3 heterocycles. The summed E-state index contributed by atoms with van der Waals surface area (Å²) < 4.78 is 74.9. The van der Waals surface area contributed by atoms with Gasteiger partial charge in [-0.1, -0.05) is 0 Å². The monoisotopic (exact) mass is 543 g/mol. The number of benzene rings is 1. The summed E-state index contributed by atoms with van der Waals surface area (Å²) in [4.78, 5) is 24.2. The number of nitrogens with one attached hydrogen (secondary N) is 1. The molecule has 2 aromatic rings. The van der Waals surface area contributed by atoms with Crippen LogP contribution in [0.2, 0.25) is 0 Å². The van der Waals surface area contributed by atoms with E-state index >= 15 is 0 Å². The molecule has 4 rings (SSSR count). The van der Waals surface area contributed by atoms with Crippen LogP contribution in [0.25, 0.3) is 0 Å². The quantitative estimate of drug-likeness (QED) is 0.562. The van der Waals surface area contributed by atoms with Crippen molar-refractivity contribution in [3.8, 4) is 5.75 Å². The van der Waals surface area contributed by atoms with E-state index in [1.807, 2.05) is 4.90 Å². The smallest absolute Gasteiger partial charge is 0.410 e. The Kier molecular flexibility index (Phi) is 7.67. The zero-order valence-electron chi connectivity index (χ0n) is 20.4. The van der Waals surface area contributed by atoms with Crippen LogP contribution in [0, 0.1) is 5.82 Å². The van der Waals surface area contributed by atoms with E-state index < -0.39 is 40.7 Å². The highest BCUT2D eigenvalue weighted by atomic mass is 32.2. The van der Waals surface area contributed by atoms with Crippen LogP contribution in [-0.2, 0) is 14.6 Å². The Labute approximate surface area is 212 Å². The number of nitrogens with zero attached hydrogens (tertiary/aromatic N) is 4. The van der Waals surface area contributed by atoms with E-state index in [9.17, 15) is 26.4 Å². The minimum Gasteiger partial charge on any atom is -0.485 e. The van der Waals surface area contributed by atoms with Crippen LogP contribution in [0.4, 0.5) is 35.3 Å². The molecule has 1 aromatic carbocycles. The summed E-state index contributed by atoms with van der Waals surface area (Å²) >= 11 is 0. The Morgan fingerprint density at radius 2 is 1.92 bits per heavy atom. The molecule has 2 aliphatic heterocycles. The number of anilines is 3. The van der Waals surface area contributed by atoms with Gasteiger partial charge in [-0.2, -0.15) is 0 Å². The lowest BCUT2D eigenvalue weighted by molar-refractivity contribution is -0.0298. The minimum atomic E-state index is -3.56. The van der Waals surface area contributed by atoms with Gasteiger partial charge in [0.25, 0.3) is 0 Å². The van der Waals surface area contributed by atoms with Gasteiger partial charge in [0.15, 0.2) is 27.1 Å². The molecule has 0 saturated carbocycles. The predicted octanol–water partition coefficient (Wildman–Crippen LogP) is 3.26. The highest BCUT2D eigenvalue weighted by molar-refractivity contribution is 7.90. The summed E-state index contributed by atoms with van der Waals surface area (Å²) in [6.07, 6.45) is 2.68. The predicted molar refractivity (Wildman–Crippen MR) is 129 cm³/mol. The highest BCUT2D eigenvalue weighted by Crippen LogP contribution is 2.39. The number of sulfone groups is 1. The third kappa shape index (κ3) is 5.84. The normalized spacial score (nSPS) is 16.7. The van der Waals surface area contributed by atoms with Crippen LogP contribution in [0.3, 0.4) is 0 Å². The number of carbonyl (C=O) groups excluding carboxylic acids is 1. The zero-order valence-corrected chi connectivity index (χ0v) is 21.2. The SMILES string of the molecule is CC(CF)(CF)OC(=O)N1CCC(N2CCOc3c(Nc4ccc(S(C)(=O)=O)cc4F)ncnc32)CC1. The van der Waals surface area contributed by atoms with Crippen LogP contribution in [0.5, 0.6) is 5.75 Å². The second kappa shape index (κ2) is 10.6. The van der Waals surface area contributed by atoms with E-state index in [0.717, 1.165) is 12.3 Å². The molecule has 0 radical (unpaired) electrons. The fourth-order valence-corrected chi connectivity index (χ4v) is 4.81. The largest absolute Gasteiger partial charge is 0.485 e. The number of hydrogen-bond donors (Lipinski definition) is 1. The molecule has 202 valence electrons. The number of fused-ring (bicyclic) bond motifs is 1. The summed E-state index contributed by atoms with van der Waals surface area (Å²) in [5.74, 6) is 0.279. The molecule has 14 heteroatoms. The van der Waals surface area contributed by atoms with Crippen LogP contribution < -0.4 is 15.0 Å². The number of rotatable bonds is 7. The molecular formula is C23H28F3N5O5S.